The second kappa shape index (κ2) is 6.57. The van der Waals surface area contributed by atoms with Crippen LogP contribution >= 0.6 is 39.1 Å². The van der Waals surface area contributed by atoms with E-state index in [1.165, 1.54) is 6.92 Å². The standard InChI is InChI=1S/C16H11BrCl2O/c1-10(20)15(11-2-5-13(17)6-3-11)8-12-4-7-14(18)9-16(12)19/h2-9H,1H3/b15-8+. The van der Waals surface area contributed by atoms with E-state index in [4.69, 9.17) is 23.2 Å². The van der Waals surface area contributed by atoms with Crippen molar-refractivity contribution in [3.05, 3.63) is 68.1 Å². The molecule has 0 aliphatic carbocycles. The SMILES string of the molecule is CC(=O)/C(=C\c1ccc(Cl)cc1Cl)c1ccc(Br)cc1. The van der Waals surface area contributed by atoms with E-state index in [0.717, 1.165) is 15.6 Å². The molecular weight excluding hydrogens is 359 g/mol. The van der Waals surface area contributed by atoms with Crippen LogP contribution in [-0.4, -0.2) is 5.78 Å². The van der Waals surface area contributed by atoms with Gasteiger partial charge in [0.15, 0.2) is 5.78 Å². The monoisotopic (exact) mass is 368 g/mol. The van der Waals surface area contributed by atoms with Crippen molar-refractivity contribution < 1.29 is 4.79 Å². The first-order valence-corrected chi connectivity index (χ1v) is 7.46. The Morgan fingerprint density at radius 3 is 2.30 bits per heavy atom. The van der Waals surface area contributed by atoms with Crippen LogP contribution in [-0.2, 0) is 4.79 Å². The normalized spacial score (nSPS) is 11.5. The molecule has 0 saturated carbocycles. The largest absolute Gasteiger partial charge is 0.294 e. The van der Waals surface area contributed by atoms with E-state index in [-0.39, 0.29) is 5.78 Å². The third kappa shape index (κ3) is 3.72. The molecular formula is C16H11BrCl2O. The molecule has 2 aromatic carbocycles. The minimum Gasteiger partial charge on any atom is -0.294 e. The van der Waals surface area contributed by atoms with Crippen molar-refractivity contribution in [1.29, 1.82) is 0 Å². The summed E-state index contributed by atoms with van der Waals surface area (Å²) < 4.78 is 0.966. The highest BCUT2D eigenvalue weighted by atomic mass is 79.9. The second-order valence-corrected chi connectivity index (χ2v) is 6.05. The number of benzene rings is 2. The molecule has 0 N–H and O–H groups in total. The maximum atomic E-state index is 11.9. The quantitative estimate of drug-likeness (QED) is 0.487. The molecule has 0 bridgehead atoms. The molecule has 0 amide bonds. The minimum absolute atomic E-state index is 0.0154. The van der Waals surface area contributed by atoms with Gasteiger partial charge in [-0.3, -0.25) is 4.79 Å². The Morgan fingerprint density at radius 1 is 1.10 bits per heavy atom. The number of rotatable bonds is 3. The molecule has 0 unspecified atom stereocenters. The van der Waals surface area contributed by atoms with Gasteiger partial charge in [-0.15, -0.1) is 0 Å². The van der Waals surface area contributed by atoms with E-state index in [9.17, 15) is 4.79 Å². The van der Waals surface area contributed by atoms with Gasteiger partial charge in [0.05, 0.1) is 0 Å². The van der Waals surface area contributed by atoms with Gasteiger partial charge >= 0.3 is 0 Å². The highest BCUT2D eigenvalue weighted by Gasteiger charge is 2.09. The lowest BCUT2D eigenvalue weighted by molar-refractivity contribution is -0.111. The van der Waals surface area contributed by atoms with Gasteiger partial charge in [0.25, 0.3) is 0 Å². The molecule has 0 heterocycles. The molecule has 0 atom stereocenters. The number of carbonyl (C=O) groups is 1. The Bertz CT molecular complexity index is 675. The van der Waals surface area contributed by atoms with Crippen LogP contribution in [0.15, 0.2) is 46.9 Å². The van der Waals surface area contributed by atoms with Gasteiger partial charge in [0.1, 0.15) is 0 Å². The van der Waals surface area contributed by atoms with Gasteiger partial charge in [0, 0.05) is 20.1 Å². The number of hydrogen-bond acceptors (Lipinski definition) is 1. The first-order chi connectivity index (χ1) is 9.47. The third-order valence-electron chi connectivity index (χ3n) is 2.80. The summed E-state index contributed by atoms with van der Waals surface area (Å²) in [6, 6.07) is 12.8. The summed E-state index contributed by atoms with van der Waals surface area (Å²) in [5.74, 6) is -0.0154. The zero-order valence-electron chi connectivity index (χ0n) is 10.7. The van der Waals surface area contributed by atoms with Crippen LogP contribution in [0.3, 0.4) is 0 Å². The van der Waals surface area contributed by atoms with E-state index in [1.54, 1.807) is 24.3 Å². The molecule has 0 aromatic heterocycles. The number of ketones is 1. The maximum Gasteiger partial charge on any atom is 0.160 e. The van der Waals surface area contributed by atoms with Crippen molar-refractivity contribution in [3.63, 3.8) is 0 Å². The Hall–Kier alpha value is -1.09. The topological polar surface area (TPSA) is 17.1 Å². The first-order valence-electron chi connectivity index (χ1n) is 5.91. The number of carbonyl (C=O) groups excluding carboxylic acids is 1. The van der Waals surface area contributed by atoms with E-state index in [2.05, 4.69) is 15.9 Å². The van der Waals surface area contributed by atoms with Crippen LogP contribution in [0.2, 0.25) is 10.0 Å². The summed E-state index contributed by atoms with van der Waals surface area (Å²) in [6.07, 6.45) is 1.78. The molecule has 0 aliphatic rings. The second-order valence-electron chi connectivity index (χ2n) is 4.29. The summed E-state index contributed by atoms with van der Waals surface area (Å²) >= 11 is 15.4. The predicted octanol–water partition coefficient (Wildman–Crippen LogP) is 5.89. The Balaban J connectivity index is 2.50. The molecule has 1 nitrogen and oxygen atoms in total. The van der Waals surface area contributed by atoms with Crippen molar-refractivity contribution >= 4 is 56.6 Å². The summed E-state index contributed by atoms with van der Waals surface area (Å²) in [5, 5.41) is 1.09. The average molecular weight is 370 g/mol. The molecule has 0 radical (unpaired) electrons. The van der Waals surface area contributed by atoms with Crippen molar-refractivity contribution in [2.45, 2.75) is 6.92 Å². The van der Waals surface area contributed by atoms with E-state index < -0.39 is 0 Å². The van der Waals surface area contributed by atoms with Gasteiger partial charge in [-0.1, -0.05) is 57.3 Å². The summed E-state index contributed by atoms with van der Waals surface area (Å²) in [6.45, 7) is 1.54. The molecule has 0 spiro atoms. The van der Waals surface area contributed by atoms with Gasteiger partial charge in [-0.05, 0) is 48.4 Å². The molecule has 0 fully saturated rings. The molecule has 2 rings (SSSR count). The zero-order chi connectivity index (χ0) is 14.7. The van der Waals surface area contributed by atoms with Gasteiger partial charge < -0.3 is 0 Å². The number of halogens is 3. The lowest BCUT2D eigenvalue weighted by atomic mass is 10.00. The van der Waals surface area contributed by atoms with Gasteiger partial charge in [0.2, 0.25) is 0 Å². The van der Waals surface area contributed by atoms with Crippen molar-refractivity contribution in [2.24, 2.45) is 0 Å². The van der Waals surface area contributed by atoms with Crippen LogP contribution in [0.5, 0.6) is 0 Å². The minimum atomic E-state index is -0.0154. The Morgan fingerprint density at radius 2 is 1.75 bits per heavy atom. The van der Waals surface area contributed by atoms with Crippen molar-refractivity contribution in [1.82, 2.24) is 0 Å². The smallest absolute Gasteiger partial charge is 0.160 e. The lowest BCUT2D eigenvalue weighted by Crippen LogP contribution is -1.96. The highest BCUT2D eigenvalue weighted by Crippen LogP contribution is 2.27. The van der Waals surface area contributed by atoms with Crippen molar-refractivity contribution in [2.75, 3.05) is 0 Å². The maximum absolute atomic E-state index is 11.9. The molecule has 102 valence electrons. The molecule has 4 heteroatoms. The Labute approximate surface area is 136 Å². The van der Waals surface area contributed by atoms with E-state index in [1.807, 2.05) is 24.3 Å². The van der Waals surface area contributed by atoms with E-state index >= 15 is 0 Å². The number of allylic oxidation sites excluding steroid dienone is 1. The molecule has 20 heavy (non-hydrogen) atoms. The van der Waals surface area contributed by atoms with Crippen LogP contribution in [0.1, 0.15) is 18.1 Å². The fourth-order valence-electron chi connectivity index (χ4n) is 1.79. The summed E-state index contributed by atoms with van der Waals surface area (Å²) in [7, 11) is 0. The molecule has 2 aromatic rings. The van der Waals surface area contributed by atoms with Crippen LogP contribution in [0.25, 0.3) is 11.6 Å². The van der Waals surface area contributed by atoms with Crippen LogP contribution in [0.4, 0.5) is 0 Å². The third-order valence-corrected chi connectivity index (χ3v) is 3.89. The van der Waals surface area contributed by atoms with Gasteiger partial charge in [-0.2, -0.15) is 0 Å². The molecule has 0 saturated heterocycles. The number of hydrogen-bond donors (Lipinski definition) is 0. The number of Topliss-reactive ketones (excluding diaryl/α,β-unsaturated/α-hetero) is 1. The summed E-state index contributed by atoms with van der Waals surface area (Å²) in [5.41, 5.74) is 2.23. The average Bonchev–Trinajstić information content (AvgIpc) is 2.39. The Kier molecular flexibility index (Phi) is 5.03. The summed E-state index contributed by atoms with van der Waals surface area (Å²) in [4.78, 5) is 11.9. The predicted molar refractivity (Wildman–Crippen MR) is 89.2 cm³/mol. The van der Waals surface area contributed by atoms with Gasteiger partial charge in [-0.25, -0.2) is 0 Å². The van der Waals surface area contributed by atoms with Crippen LogP contribution < -0.4 is 0 Å². The zero-order valence-corrected chi connectivity index (χ0v) is 13.8. The van der Waals surface area contributed by atoms with Crippen LogP contribution in [0, 0.1) is 0 Å². The lowest BCUT2D eigenvalue weighted by Gasteiger charge is -2.06. The van der Waals surface area contributed by atoms with E-state index in [0.29, 0.717) is 15.6 Å². The van der Waals surface area contributed by atoms with Crippen molar-refractivity contribution in [3.8, 4) is 0 Å². The first kappa shape index (κ1) is 15.3. The highest BCUT2D eigenvalue weighted by molar-refractivity contribution is 9.10. The fourth-order valence-corrected chi connectivity index (χ4v) is 2.52. The fraction of sp³-hybridized carbons (Fsp3) is 0.0625. The molecule has 0 aliphatic heterocycles.